The molecule has 0 fully saturated rings. The first kappa shape index (κ1) is 21.7. The van der Waals surface area contributed by atoms with Crippen LogP contribution in [0.3, 0.4) is 0 Å². The van der Waals surface area contributed by atoms with Crippen LogP contribution in [0.15, 0.2) is 71.2 Å². The molecule has 0 bridgehead atoms. The van der Waals surface area contributed by atoms with Crippen molar-refractivity contribution in [1.82, 2.24) is 10.2 Å². The molecule has 8 heteroatoms. The molecule has 1 aliphatic rings. The average Bonchev–Trinajstić information content (AvgIpc) is 3.09. The summed E-state index contributed by atoms with van der Waals surface area (Å²) >= 11 is 11.4. The second kappa shape index (κ2) is 10.1. The Bertz CT molecular complexity index is 878. The molecule has 3 N–H and O–H groups in total. The van der Waals surface area contributed by atoms with Gasteiger partial charge in [0.15, 0.2) is 0 Å². The molecule has 0 aromatic heterocycles. The van der Waals surface area contributed by atoms with E-state index in [-0.39, 0.29) is 18.0 Å². The minimum absolute atomic E-state index is 0.0422. The number of carbonyl (C=O) groups is 2. The zero-order chi connectivity index (χ0) is 20.7. The van der Waals surface area contributed by atoms with Gasteiger partial charge in [0.1, 0.15) is 5.83 Å². The van der Waals surface area contributed by atoms with E-state index in [2.05, 4.69) is 11.9 Å². The van der Waals surface area contributed by atoms with Crippen molar-refractivity contribution in [3.63, 3.8) is 0 Å². The van der Waals surface area contributed by atoms with Gasteiger partial charge in [-0.2, -0.15) is 0 Å². The second-order valence-electron chi connectivity index (χ2n) is 6.11. The van der Waals surface area contributed by atoms with Crippen LogP contribution < -0.4 is 11.1 Å². The lowest BCUT2D eigenvalue weighted by Gasteiger charge is -2.19. The number of amides is 3. The molecule has 5 nitrogen and oxygen atoms in total. The molecular weight excluding hydrogens is 404 g/mol. The lowest BCUT2D eigenvalue weighted by atomic mass is 10.0. The standard InChI is InChI=1S/C20H20Cl2FN3O2/c1-13(21)18(23)7-5-15-10-25-11-16(15)6-8-19(27)26(20(24)28)12-14-3-2-4-17(22)9-14/h2-5,7,9,11,25H,1,6,8,10,12H2,(H2,24,28)/b15-5+,18-7+. The highest BCUT2D eigenvalue weighted by molar-refractivity contribution is 6.31. The minimum atomic E-state index is -0.829. The summed E-state index contributed by atoms with van der Waals surface area (Å²) in [6.45, 7) is 3.86. The molecule has 1 aromatic rings. The molecule has 0 radical (unpaired) electrons. The molecule has 0 atom stereocenters. The molecule has 0 saturated heterocycles. The van der Waals surface area contributed by atoms with E-state index < -0.39 is 17.8 Å². The largest absolute Gasteiger partial charge is 0.387 e. The summed E-state index contributed by atoms with van der Waals surface area (Å²) in [4.78, 5) is 25.2. The number of imide groups is 1. The highest BCUT2D eigenvalue weighted by atomic mass is 35.5. The van der Waals surface area contributed by atoms with Gasteiger partial charge in [-0.3, -0.25) is 9.69 Å². The predicted octanol–water partition coefficient (Wildman–Crippen LogP) is 4.55. The highest BCUT2D eigenvalue weighted by Gasteiger charge is 2.21. The first-order valence-corrected chi connectivity index (χ1v) is 9.21. The zero-order valence-corrected chi connectivity index (χ0v) is 16.6. The average molecular weight is 424 g/mol. The normalized spacial score (nSPS) is 15.2. The number of nitrogens with two attached hydrogens (primary N) is 1. The fourth-order valence-electron chi connectivity index (χ4n) is 2.64. The van der Waals surface area contributed by atoms with Crippen molar-refractivity contribution in [2.45, 2.75) is 19.4 Å². The van der Waals surface area contributed by atoms with Crippen LogP contribution in [-0.4, -0.2) is 23.4 Å². The number of nitrogens with one attached hydrogen (secondary N) is 1. The quantitative estimate of drug-likeness (QED) is 0.631. The van der Waals surface area contributed by atoms with Gasteiger partial charge in [0.05, 0.1) is 11.6 Å². The van der Waals surface area contributed by atoms with E-state index in [1.165, 1.54) is 6.08 Å². The maximum Gasteiger partial charge on any atom is 0.321 e. The zero-order valence-electron chi connectivity index (χ0n) is 15.1. The fourth-order valence-corrected chi connectivity index (χ4v) is 2.91. The van der Waals surface area contributed by atoms with Crippen LogP contribution in [0.4, 0.5) is 9.18 Å². The van der Waals surface area contributed by atoms with Crippen LogP contribution in [0.1, 0.15) is 18.4 Å². The van der Waals surface area contributed by atoms with Crippen molar-refractivity contribution >= 4 is 35.1 Å². The third-order valence-electron chi connectivity index (χ3n) is 4.08. The van der Waals surface area contributed by atoms with Gasteiger partial charge >= 0.3 is 6.03 Å². The van der Waals surface area contributed by atoms with Crippen LogP contribution >= 0.6 is 23.2 Å². The molecular formula is C20H20Cl2FN3O2. The molecule has 148 valence electrons. The Morgan fingerprint density at radius 2 is 2.14 bits per heavy atom. The maximum atomic E-state index is 13.5. The number of nitrogens with zero attached hydrogens (tertiary/aromatic N) is 1. The monoisotopic (exact) mass is 423 g/mol. The summed E-state index contributed by atoms with van der Waals surface area (Å²) in [5.41, 5.74) is 7.72. The van der Waals surface area contributed by atoms with E-state index in [0.29, 0.717) is 23.6 Å². The SMILES string of the molecule is C=C(Cl)/C(F)=C\C=C1/CNC=C1CCC(=O)N(Cc1cccc(Cl)c1)C(N)=O. The first-order valence-electron chi connectivity index (χ1n) is 8.46. The summed E-state index contributed by atoms with van der Waals surface area (Å²) in [7, 11) is 0. The maximum absolute atomic E-state index is 13.5. The number of primary amides is 1. The topological polar surface area (TPSA) is 75.4 Å². The fraction of sp³-hybridized carbons (Fsp3) is 0.200. The number of rotatable bonds is 7. The number of hydrogen-bond donors (Lipinski definition) is 2. The van der Waals surface area contributed by atoms with Gasteiger partial charge in [-0.05, 0) is 41.3 Å². The van der Waals surface area contributed by atoms with E-state index >= 15 is 0 Å². The van der Waals surface area contributed by atoms with E-state index in [1.54, 1.807) is 36.5 Å². The van der Waals surface area contributed by atoms with Crippen molar-refractivity contribution in [1.29, 1.82) is 0 Å². The molecule has 3 amide bonds. The van der Waals surface area contributed by atoms with Crippen molar-refractivity contribution in [3.05, 3.63) is 81.8 Å². The number of carbonyl (C=O) groups excluding carboxylic acids is 2. The summed E-state index contributed by atoms with van der Waals surface area (Å²) < 4.78 is 13.5. The molecule has 1 aliphatic heterocycles. The molecule has 0 aliphatic carbocycles. The molecule has 1 aromatic carbocycles. The number of allylic oxidation sites excluding steroid dienone is 4. The number of benzene rings is 1. The van der Waals surface area contributed by atoms with E-state index in [1.807, 2.05) is 0 Å². The van der Waals surface area contributed by atoms with E-state index in [4.69, 9.17) is 28.9 Å². The summed E-state index contributed by atoms with van der Waals surface area (Å²) in [5, 5.41) is 3.36. The number of halogens is 3. The predicted molar refractivity (Wildman–Crippen MR) is 109 cm³/mol. The Hall–Kier alpha value is -2.57. The molecule has 28 heavy (non-hydrogen) atoms. The Morgan fingerprint density at radius 1 is 1.39 bits per heavy atom. The lowest BCUT2D eigenvalue weighted by Crippen LogP contribution is -2.40. The Morgan fingerprint density at radius 3 is 2.79 bits per heavy atom. The second-order valence-corrected chi connectivity index (χ2v) is 7.00. The van der Waals surface area contributed by atoms with Gasteiger partial charge in [-0.1, -0.05) is 48.0 Å². The minimum Gasteiger partial charge on any atom is -0.387 e. The lowest BCUT2D eigenvalue weighted by molar-refractivity contribution is -0.128. The third kappa shape index (κ3) is 6.25. The van der Waals surface area contributed by atoms with Gasteiger partial charge < -0.3 is 11.1 Å². The van der Waals surface area contributed by atoms with E-state index in [9.17, 15) is 14.0 Å². The number of hydrogen-bond acceptors (Lipinski definition) is 3. The summed E-state index contributed by atoms with van der Waals surface area (Å²) in [6, 6.07) is 6.03. The summed E-state index contributed by atoms with van der Waals surface area (Å²) in [5.74, 6) is -1.03. The van der Waals surface area contributed by atoms with Crippen molar-refractivity contribution < 1.29 is 14.0 Å². The van der Waals surface area contributed by atoms with Crippen molar-refractivity contribution in [3.8, 4) is 0 Å². The number of urea groups is 1. The van der Waals surface area contributed by atoms with E-state index in [0.717, 1.165) is 16.0 Å². The van der Waals surface area contributed by atoms with Gasteiger partial charge in [-0.25, -0.2) is 9.18 Å². The van der Waals surface area contributed by atoms with Crippen LogP contribution in [0.2, 0.25) is 5.02 Å². The molecule has 1 heterocycles. The van der Waals surface area contributed by atoms with Crippen molar-refractivity contribution in [2.75, 3.05) is 6.54 Å². The molecule has 2 rings (SSSR count). The van der Waals surface area contributed by atoms with Gasteiger partial charge in [-0.15, -0.1) is 0 Å². The van der Waals surface area contributed by atoms with Crippen LogP contribution in [0.5, 0.6) is 0 Å². The van der Waals surface area contributed by atoms with Crippen LogP contribution in [-0.2, 0) is 11.3 Å². The van der Waals surface area contributed by atoms with Gasteiger partial charge in [0.25, 0.3) is 0 Å². The summed E-state index contributed by atoms with van der Waals surface area (Å²) in [6.07, 6.45) is 5.00. The molecule has 0 unspecified atom stereocenters. The van der Waals surface area contributed by atoms with Crippen LogP contribution in [0, 0.1) is 0 Å². The van der Waals surface area contributed by atoms with Gasteiger partial charge in [0.2, 0.25) is 5.91 Å². The van der Waals surface area contributed by atoms with Crippen LogP contribution in [0.25, 0.3) is 0 Å². The molecule has 0 saturated carbocycles. The molecule has 0 spiro atoms. The van der Waals surface area contributed by atoms with Crippen molar-refractivity contribution in [2.24, 2.45) is 5.73 Å². The smallest absolute Gasteiger partial charge is 0.321 e. The Kier molecular flexibility index (Phi) is 7.84. The highest BCUT2D eigenvalue weighted by Crippen LogP contribution is 2.22. The first-order chi connectivity index (χ1) is 13.3. The van der Waals surface area contributed by atoms with Gasteiger partial charge in [0, 0.05) is 24.2 Å². The Balaban J connectivity index is 2.02. The Labute approximate surface area is 173 Å². The third-order valence-corrected chi connectivity index (χ3v) is 4.49.